The summed E-state index contributed by atoms with van der Waals surface area (Å²) < 4.78 is 0. The Kier molecular flexibility index (Phi) is 5.24. The number of benzene rings is 1. The Hall–Kier alpha value is -2.23. The number of piperidine rings is 1. The molecule has 4 nitrogen and oxygen atoms in total. The molecule has 4 rings (SSSR count). The number of aryl methyl sites for hydroxylation is 2. The monoisotopic (exact) mass is 365 g/mol. The topological polar surface area (TPSA) is 35.6 Å². The van der Waals surface area contributed by atoms with Crippen molar-refractivity contribution in [2.75, 3.05) is 31.1 Å². The van der Waals surface area contributed by atoms with E-state index in [0.717, 1.165) is 57.3 Å². The third kappa shape index (κ3) is 3.62. The minimum Gasteiger partial charge on any atom is -0.367 e. The molecule has 144 valence electrons. The van der Waals surface area contributed by atoms with Crippen molar-refractivity contribution in [3.63, 3.8) is 0 Å². The zero-order valence-corrected chi connectivity index (χ0v) is 16.7. The molecule has 3 aliphatic rings. The van der Waals surface area contributed by atoms with E-state index in [1.165, 1.54) is 34.6 Å². The molecule has 0 spiro atoms. The first-order valence-corrected chi connectivity index (χ1v) is 10.5. The summed E-state index contributed by atoms with van der Waals surface area (Å²) >= 11 is 0. The molecule has 0 atom stereocenters. The summed E-state index contributed by atoms with van der Waals surface area (Å²) in [7, 11) is 0. The number of nitrogens with one attached hydrogen (secondary N) is 1. The Morgan fingerprint density at radius 2 is 1.93 bits per heavy atom. The number of amides is 1. The van der Waals surface area contributed by atoms with Gasteiger partial charge in [-0.2, -0.15) is 0 Å². The van der Waals surface area contributed by atoms with Crippen LogP contribution in [0.4, 0.5) is 5.69 Å². The summed E-state index contributed by atoms with van der Waals surface area (Å²) in [5, 5.41) is 3.58. The van der Waals surface area contributed by atoms with Crippen molar-refractivity contribution in [3.05, 3.63) is 52.4 Å². The zero-order chi connectivity index (χ0) is 18.8. The van der Waals surface area contributed by atoms with Gasteiger partial charge in [0.15, 0.2) is 0 Å². The Balaban J connectivity index is 1.60. The first kappa shape index (κ1) is 18.1. The van der Waals surface area contributed by atoms with E-state index in [9.17, 15) is 4.79 Å². The maximum absolute atomic E-state index is 12.9. The van der Waals surface area contributed by atoms with E-state index in [-0.39, 0.29) is 5.91 Å². The van der Waals surface area contributed by atoms with Crippen molar-refractivity contribution >= 4 is 11.6 Å². The van der Waals surface area contributed by atoms with Crippen molar-refractivity contribution in [1.82, 2.24) is 10.2 Å². The molecule has 0 unspecified atom stereocenters. The SMILES string of the molecule is CCc1cc(N2CCCC3=C2NCC(C(=O)N2CCCCC2)=C3)ccc1C. The van der Waals surface area contributed by atoms with Crippen LogP contribution in [0, 0.1) is 6.92 Å². The highest BCUT2D eigenvalue weighted by Gasteiger charge is 2.28. The minimum absolute atomic E-state index is 0.231. The molecule has 27 heavy (non-hydrogen) atoms. The van der Waals surface area contributed by atoms with Gasteiger partial charge in [-0.3, -0.25) is 4.79 Å². The van der Waals surface area contributed by atoms with Crippen LogP contribution in [-0.2, 0) is 11.2 Å². The maximum atomic E-state index is 12.9. The molecule has 1 N–H and O–H groups in total. The summed E-state index contributed by atoms with van der Waals surface area (Å²) in [5.74, 6) is 1.43. The Labute approximate surface area is 162 Å². The normalized spacial score (nSPS) is 20.1. The van der Waals surface area contributed by atoms with Crippen LogP contribution in [0.15, 0.2) is 41.2 Å². The highest BCUT2D eigenvalue weighted by molar-refractivity contribution is 5.95. The molecule has 0 aromatic heterocycles. The van der Waals surface area contributed by atoms with Gasteiger partial charge in [-0.1, -0.05) is 13.0 Å². The maximum Gasteiger partial charge on any atom is 0.251 e. The summed E-state index contributed by atoms with van der Waals surface area (Å²) in [6.45, 7) is 7.89. The van der Waals surface area contributed by atoms with E-state index in [1.807, 2.05) is 4.90 Å². The Morgan fingerprint density at radius 1 is 1.11 bits per heavy atom. The van der Waals surface area contributed by atoms with Gasteiger partial charge in [0.2, 0.25) is 0 Å². The third-order valence-electron chi connectivity index (χ3n) is 6.14. The number of carbonyl (C=O) groups is 1. The molecule has 0 saturated carbocycles. The third-order valence-corrected chi connectivity index (χ3v) is 6.14. The van der Waals surface area contributed by atoms with E-state index >= 15 is 0 Å². The predicted octanol–water partition coefficient (Wildman–Crippen LogP) is 3.91. The molecule has 3 heterocycles. The summed E-state index contributed by atoms with van der Waals surface area (Å²) in [6.07, 6.45) is 8.93. The molecule has 4 heteroatoms. The number of carbonyl (C=O) groups excluding carboxylic acids is 1. The Bertz CT molecular complexity index is 787. The Morgan fingerprint density at radius 3 is 2.70 bits per heavy atom. The molecular formula is C23H31N3O. The van der Waals surface area contributed by atoms with Gasteiger partial charge in [0.05, 0.1) is 0 Å². The fourth-order valence-electron chi connectivity index (χ4n) is 4.52. The van der Waals surface area contributed by atoms with Crippen LogP contribution in [0.2, 0.25) is 0 Å². The first-order chi connectivity index (χ1) is 13.2. The molecular weight excluding hydrogens is 334 g/mol. The van der Waals surface area contributed by atoms with Crippen molar-refractivity contribution < 1.29 is 4.79 Å². The lowest BCUT2D eigenvalue weighted by molar-refractivity contribution is -0.128. The lowest BCUT2D eigenvalue weighted by Crippen LogP contribution is -2.43. The van der Waals surface area contributed by atoms with Gasteiger partial charge in [-0.25, -0.2) is 0 Å². The van der Waals surface area contributed by atoms with Gasteiger partial charge in [0, 0.05) is 37.4 Å². The van der Waals surface area contributed by atoms with Crippen LogP contribution < -0.4 is 10.2 Å². The second-order valence-corrected chi connectivity index (χ2v) is 7.97. The largest absolute Gasteiger partial charge is 0.367 e. The molecule has 1 amide bonds. The lowest BCUT2D eigenvalue weighted by atomic mass is 9.97. The number of dihydropyridines is 1. The summed E-state index contributed by atoms with van der Waals surface area (Å²) in [4.78, 5) is 17.3. The molecule has 0 radical (unpaired) electrons. The van der Waals surface area contributed by atoms with Crippen LogP contribution in [0.25, 0.3) is 0 Å². The highest BCUT2D eigenvalue weighted by Crippen LogP contribution is 2.31. The van der Waals surface area contributed by atoms with E-state index < -0.39 is 0 Å². The number of allylic oxidation sites excluding steroid dienone is 2. The van der Waals surface area contributed by atoms with E-state index in [0.29, 0.717) is 6.54 Å². The smallest absolute Gasteiger partial charge is 0.251 e. The van der Waals surface area contributed by atoms with Crippen LogP contribution >= 0.6 is 0 Å². The molecule has 1 aromatic rings. The fourth-order valence-corrected chi connectivity index (χ4v) is 4.52. The average molecular weight is 366 g/mol. The van der Waals surface area contributed by atoms with Gasteiger partial charge >= 0.3 is 0 Å². The zero-order valence-electron chi connectivity index (χ0n) is 16.7. The van der Waals surface area contributed by atoms with Crippen molar-refractivity contribution in [2.24, 2.45) is 0 Å². The number of hydrogen-bond acceptors (Lipinski definition) is 3. The average Bonchev–Trinajstić information content (AvgIpc) is 2.73. The molecule has 1 fully saturated rings. The number of anilines is 1. The molecule has 0 bridgehead atoms. The minimum atomic E-state index is 0.231. The second kappa shape index (κ2) is 7.79. The van der Waals surface area contributed by atoms with Gasteiger partial charge < -0.3 is 15.1 Å². The quantitative estimate of drug-likeness (QED) is 0.882. The summed E-state index contributed by atoms with van der Waals surface area (Å²) in [5.41, 5.74) is 6.24. The molecule has 1 saturated heterocycles. The van der Waals surface area contributed by atoms with Crippen molar-refractivity contribution in [2.45, 2.75) is 52.4 Å². The van der Waals surface area contributed by atoms with Gasteiger partial charge in [0.25, 0.3) is 5.91 Å². The lowest BCUT2D eigenvalue weighted by Gasteiger charge is -2.37. The van der Waals surface area contributed by atoms with Crippen molar-refractivity contribution in [1.29, 1.82) is 0 Å². The molecule has 0 aliphatic carbocycles. The standard InChI is InChI=1S/C23H31N3O/c1-3-18-15-21(10-9-17(18)2)26-13-7-8-19-14-20(16-24-22(19)26)23(27)25-11-5-4-6-12-25/h9-10,14-15,24H,3-8,11-13,16H2,1-2H3. The van der Waals surface area contributed by atoms with E-state index in [1.54, 1.807) is 0 Å². The number of rotatable bonds is 3. The van der Waals surface area contributed by atoms with Gasteiger partial charge in [-0.15, -0.1) is 0 Å². The van der Waals surface area contributed by atoms with Crippen molar-refractivity contribution in [3.8, 4) is 0 Å². The van der Waals surface area contributed by atoms with Crippen LogP contribution in [0.3, 0.4) is 0 Å². The first-order valence-electron chi connectivity index (χ1n) is 10.5. The second-order valence-electron chi connectivity index (χ2n) is 7.97. The fraction of sp³-hybridized carbons (Fsp3) is 0.522. The molecule has 1 aromatic carbocycles. The number of likely N-dealkylation sites (tertiary alicyclic amines) is 1. The van der Waals surface area contributed by atoms with E-state index in [2.05, 4.69) is 48.3 Å². The van der Waals surface area contributed by atoms with Crippen LogP contribution in [-0.4, -0.2) is 37.0 Å². The number of nitrogens with zero attached hydrogens (tertiary/aromatic N) is 2. The van der Waals surface area contributed by atoms with E-state index in [4.69, 9.17) is 0 Å². The van der Waals surface area contributed by atoms with Gasteiger partial charge in [0.1, 0.15) is 5.82 Å². The highest BCUT2D eigenvalue weighted by atomic mass is 16.2. The number of hydrogen-bond donors (Lipinski definition) is 1. The van der Waals surface area contributed by atoms with Crippen LogP contribution in [0.5, 0.6) is 0 Å². The van der Waals surface area contributed by atoms with Gasteiger partial charge in [-0.05, 0) is 80.4 Å². The predicted molar refractivity (Wildman–Crippen MR) is 111 cm³/mol. The van der Waals surface area contributed by atoms with Crippen LogP contribution in [0.1, 0.15) is 50.2 Å². The molecule has 3 aliphatic heterocycles. The summed E-state index contributed by atoms with van der Waals surface area (Å²) in [6, 6.07) is 6.78.